The molecule has 1 heterocycles. The fraction of sp³-hybridized carbons (Fsp3) is 0. The van der Waals surface area contributed by atoms with Gasteiger partial charge in [-0.3, -0.25) is 9.71 Å². The second-order valence-electron chi connectivity index (χ2n) is 3.79. The van der Waals surface area contributed by atoms with Gasteiger partial charge in [0.1, 0.15) is 4.90 Å². The largest absolute Gasteiger partial charge is 0.478 e. The number of aromatic nitrogens is 1. The number of hydrogen-bond acceptors (Lipinski definition) is 4. The van der Waals surface area contributed by atoms with Crippen molar-refractivity contribution in [2.45, 2.75) is 4.90 Å². The number of carboxylic acid groups (broad SMARTS) is 1. The van der Waals surface area contributed by atoms with Gasteiger partial charge < -0.3 is 5.11 Å². The maximum Gasteiger partial charge on any atom is 0.335 e. The Bertz CT molecular complexity index is 747. The number of benzene rings is 1. The number of carbonyl (C=O) groups is 1. The minimum atomic E-state index is -3.76. The molecule has 104 valence electrons. The number of carboxylic acids is 1. The van der Waals surface area contributed by atoms with Gasteiger partial charge in [0, 0.05) is 16.9 Å². The lowest BCUT2D eigenvalue weighted by Crippen LogP contribution is -2.13. The van der Waals surface area contributed by atoms with E-state index in [1.54, 1.807) is 0 Å². The predicted octanol–water partition coefficient (Wildman–Crippen LogP) is 2.34. The molecule has 0 amide bonds. The van der Waals surface area contributed by atoms with E-state index in [-0.39, 0.29) is 16.1 Å². The van der Waals surface area contributed by atoms with Crippen LogP contribution in [0, 0.1) is 0 Å². The highest BCUT2D eigenvalue weighted by Gasteiger charge is 2.16. The molecule has 8 heteroatoms. The molecule has 0 saturated carbocycles. The van der Waals surface area contributed by atoms with Gasteiger partial charge in [0.15, 0.2) is 0 Å². The van der Waals surface area contributed by atoms with Crippen molar-refractivity contribution in [1.82, 2.24) is 4.98 Å². The van der Waals surface area contributed by atoms with Crippen LogP contribution >= 0.6 is 15.9 Å². The number of pyridine rings is 1. The second kappa shape index (κ2) is 5.59. The number of sulfonamides is 1. The second-order valence-corrected chi connectivity index (χ2v) is 6.33. The maximum absolute atomic E-state index is 12.1. The fourth-order valence-corrected chi connectivity index (χ4v) is 3.09. The van der Waals surface area contributed by atoms with Crippen molar-refractivity contribution in [2.75, 3.05) is 4.72 Å². The van der Waals surface area contributed by atoms with E-state index in [9.17, 15) is 13.2 Å². The summed E-state index contributed by atoms with van der Waals surface area (Å²) in [6, 6.07) is 6.94. The average molecular weight is 357 g/mol. The molecular weight excluding hydrogens is 348 g/mol. The monoisotopic (exact) mass is 356 g/mol. The number of anilines is 1. The van der Waals surface area contributed by atoms with Gasteiger partial charge in [0.2, 0.25) is 0 Å². The first-order valence-corrected chi connectivity index (χ1v) is 7.63. The first kappa shape index (κ1) is 14.5. The van der Waals surface area contributed by atoms with Crippen LogP contribution < -0.4 is 4.72 Å². The molecule has 0 aliphatic carbocycles. The first-order valence-electron chi connectivity index (χ1n) is 5.36. The zero-order chi connectivity index (χ0) is 14.8. The number of nitrogens with one attached hydrogen (secondary N) is 1. The SMILES string of the molecule is O=C(O)c1ccc(NS(=O)(=O)c2cccnc2)c(Br)c1. The summed E-state index contributed by atoms with van der Waals surface area (Å²) in [4.78, 5) is 14.6. The van der Waals surface area contributed by atoms with Crippen LogP contribution in [0.2, 0.25) is 0 Å². The Hall–Kier alpha value is -1.93. The molecule has 0 fully saturated rings. The van der Waals surface area contributed by atoms with Crippen molar-refractivity contribution in [3.63, 3.8) is 0 Å². The highest BCUT2D eigenvalue weighted by molar-refractivity contribution is 9.10. The lowest BCUT2D eigenvalue weighted by Gasteiger charge is -2.09. The number of aromatic carboxylic acids is 1. The smallest absolute Gasteiger partial charge is 0.335 e. The zero-order valence-electron chi connectivity index (χ0n) is 9.95. The normalized spacial score (nSPS) is 11.1. The third-order valence-corrected chi connectivity index (χ3v) is 4.41. The molecular formula is C12H9BrN2O4S. The van der Waals surface area contributed by atoms with Crippen LogP contribution in [0.15, 0.2) is 52.1 Å². The van der Waals surface area contributed by atoms with Crippen LogP contribution in [-0.4, -0.2) is 24.5 Å². The summed E-state index contributed by atoms with van der Waals surface area (Å²) in [5.41, 5.74) is 0.306. The van der Waals surface area contributed by atoms with Gasteiger partial charge in [-0.05, 0) is 46.3 Å². The number of hydrogen-bond donors (Lipinski definition) is 2. The third kappa shape index (κ3) is 3.14. The quantitative estimate of drug-likeness (QED) is 0.876. The van der Waals surface area contributed by atoms with Gasteiger partial charge in [0.05, 0.1) is 11.3 Å². The Morgan fingerprint density at radius 1 is 1.30 bits per heavy atom. The predicted molar refractivity (Wildman–Crippen MR) is 76.1 cm³/mol. The van der Waals surface area contributed by atoms with Crippen molar-refractivity contribution in [1.29, 1.82) is 0 Å². The summed E-state index contributed by atoms with van der Waals surface area (Å²) in [6.07, 6.45) is 2.69. The molecule has 6 nitrogen and oxygen atoms in total. The summed E-state index contributed by atoms with van der Waals surface area (Å²) in [5.74, 6) is -1.09. The highest BCUT2D eigenvalue weighted by atomic mass is 79.9. The van der Waals surface area contributed by atoms with E-state index in [4.69, 9.17) is 5.11 Å². The van der Waals surface area contributed by atoms with E-state index < -0.39 is 16.0 Å². The van der Waals surface area contributed by atoms with E-state index in [0.717, 1.165) is 0 Å². The number of rotatable bonds is 4. The van der Waals surface area contributed by atoms with E-state index in [1.807, 2.05) is 0 Å². The van der Waals surface area contributed by atoms with Crippen molar-refractivity contribution < 1.29 is 18.3 Å². The summed E-state index contributed by atoms with van der Waals surface area (Å²) in [5, 5.41) is 8.84. The molecule has 0 radical (unpaired) electrons. The molecule has 1 aromatic heterocycles. The first-order chi connectivity index (χ1) is 9.40. The van der Waals surface area contributed by atoms with Crippen molar-refractivity contribution >= 4 is 37.6 Å². The Kier molecular flexibility index (Phi) is 4.05. The average Bonchev–Trinajstić information content (AvgIpc) is 2.41. The van der Waals surface area contributed by atoms with Crippen molar-refractivity contribution in [3.05, 3.63) is 52.8 Å². The molecule has 2 rings (SSSR count). The van der Waals surface area contributed by atoms with E-state index >= 15 is 0 Å². The van der Waals surface area contributed by atoms with Crippen LogP contribution in [-0.2, 0) is 10.0 Å². The van der Waals surface area contributed by atoms with Gasteiger partial charge in [-0.15, -0.1) is 0 Å². The van der Waals surface area contributed by atoms with Gasteiger partial charge in [-0.1, -0.05) is 0 Å². The van der Waals surface area contributed by atoms with E-state index in [0.29, 0.717) is 4.47 Å². The van der Waals surface area contributed by atoms with Gasteiger partial charge >= 0.3 is 5.97 Å². The maximum atomic E-state index is 12.1. The van der Waals surface area contributed by atoms with E-state index in [1.165, 1.54) is 42.7 Å². The summed E-state index contributed by atoms with van der Waals surface area (Å²) in [7, 11) is -3.76. The molecule has 0 unspecified atom stereocenters. The Balaban J connectivity index is 2.33. The summed E-state index contributed by atoms with van der Waals surface area (Å²) in [6.45, 7) is 0. The van der Waals surface area contributed by atoms with Crippen LogP contribution in [0.3, 0.4) is 0 Å². The van der Waals surface area contributed by atoms with E-state index in [2.05, 4.69) is 25.6 Å². The van der Waals surface area contributed by atoms with Crippen LogP contribution in [0.5, 0.6) is 0 Å². The third-order valence-electron chi connectivity index (χ3n) is 2.41. The Morgan fingerprint density at radius 2 is 2.05 bits per heavy atom. The van der Waals surface area contributed by atoms with Gasteiger partial charge in [-0.25, -0.2) is 13.2 Å². The number of halogens is 1. The summed E-state index contributed by atoms with van der Waals surface area (Å²) >= 11 is 3.13. The molecule has 0 saturated heterocycles. The Labute approximate surface area is 123 Å². The highest BCUT2D eigenvalue weighted by Crippen LogP contribution is 2.26. The lowest BCUT2D eigenvalue weighted by atomic mass is 10.2. The topological polar surface area (TPSA) is 96.4 Å². The van der Waals surface area contributed by atoms with Crippen LogP contribution in [0.25, 0.3) is 0 Å². The van der Waals surface area contributed by atoms with Gasteiger partial charge in [-0.2, -0.15) is 0 Å². The molecule has 2 aromatic rings. The molecule has 2 N–H and O–H groups in total. The van der Waals surface area contributed by atoms with Crippen LogP contribution in [0.1, 0.15) is 10.4 Å². The minimum absolute atomic E-state index is 0.0224. The molecule has 0 aliphatic rings. The van der Waals surface area contributed by atoms with Crippen molar-refractivity contribution in [2.24, 2.45) is 0 Å². The summed E-state index contributed by atoms with van der Waals surface area (Å²) < 4.78 is 26.9. The fourth-order valence-electron chi connectivity index (χ4n) is 1.44. The standard InChI is InChI=1S/C12H9BrN2O4S/c13-10-6-8(12(16)17)3-4-11(10)15-20(18,19)9-2-1-5-14-7-9/h1-7,15H,(H,16,17). The molecule has 0 bridgehead atoms. The molecule has 20 heavy (non-hydrogen) atoms. The van der Waals surface area contributed by atoms with Crippen molar-refractivity contribution in [3.8, 4) is 0 Å². The molecule has 0 atom stereocenters. The molecule has 1 aromatic carbocycles. The Morgan fingerprint density at radius 3 is 2.60 bits per heavy atom. The minimum Gasteiger partial charge on any atom is -0.478 e. The zero-order valence-corrected chi connectivity index (χ0v) is 12.3. The van der Waals surface area contributed by atoms with Gasteiger partial charge in [0.25, 0.3) is 10.0 Å². The molecule has 0 spiro atoms. The lowest BCUT2D eigenvalue weighted by molar-refractivity contribution is 0.0697. The van der Waals surface area contributed by atoms with Crippen LogP contribution in [0.4, 0.5) is 5.69 Å². The molecule has 0 aliphatic heterocycles. The number of nitrogens with zero attached hydrogens (tertiary/aromatic N) is 1.